The van der Waals surface area contributed by atoms with Gasteiger partial charge < -0.3 is 5.32 Å². The van der Waals surface area contributed by atoms with E-state index in [1.165, 1.54) is 12.8 Å². The van der Waals surface area contributed by atoms with E-state index in [1.54, 1.807) is 0 Å². The molecule has 0 saturated heterocycles. The Morgan fingerprint density at radius 1 is 1.43 bits per heavy atom. The molecule has 0 radical (unpaired) electrons. The summed E-state index contributed by atoms with van der Waals surface area (Å²) >= 11 is 2.28. The van der Waals surface area contributed by atoms with Gasteiger partial charge in [0.25, 0.3) is 0 Å². The Bertz CT molecular complexity index is 347. The zero-order valence-electron chi connectivity index (χ0n) is 8.47. The summed E-state index contributed by atoms with van der Waals surface area (Å²) in [6.07, 6.45) is 3.75. The van der Waals surface area contributed by atoms with Gasteiger partial charge in [-0.15, -0.1) is 0 Å². The first-order chi connectivity index (χ1) is 6.70. The Morgan fingerprint density at radius 2 is 2.14 bits per heavy atom. The molecule has 1 N–H and O–H groups in total. The first-order valence-corrected chi connectivity index (χ1v) is 5.99. The average Bonchev–Trinajstić information content (AvgIpc) is 2.95. The Labute approximate surface area is 97.9 Å². The van der Waals surface area contributed by atoms with Crippen molar-refractivity contribution in [2.24, 2.45) is 5.92 Å². The minimum Gasteiger partial charge on any atom is -0.372 e. The zero-order chi connectivity index (χ0) is 10.1. The number of nitrogens with one attached hydrogen (secondary N) is 1. The van der Waals surface area contributed by atoms with Gasteiger partial charge in [0.1, 0.15) is 11.6 Å². The smallest absolute Gasteiger partial charge is 0.143 e. The number of nitrogens with zero attached hydrogens (tertiary/aromatic N) is 2. The molecule has 1 aliphatic rings. The van der Waals surface area contributed by atoms with Gasteiger partial charge in [-0.2, -0.15) is 0 Å². The van der Waals surface area contributed by atoms with Crippen LogP contribution in [0.3, 0.4) is 0 Å². The molecule has 14 heavy (non-hydrogen) atoms. The number of hydrogen-bond acceptors (Lipinski definition) is 3. The molecule has 1 heterocycles. The van der Waals surface area contributed by atoms with Gasteiger partial charge in [-0.3, -0.25) is 0 Å². The quantitative estimate of drug-likeness (QED) is 0.871. The van der Waals surface area contributed by atoms with Crippen LogP contribution in [-0.4, -0.2) is 17.0 Å². The van der Waals surface area contributed by atoms with E-state index in [1.807, 2.05) is 14.0 Å². The molecule has 1 aromatic heterocycles. The lowest BCUT2D eigenvalue weighted by Gasteiger charge is -2.07. The van der Waals surface area contributed by atoms with Gasteiger partial charge in [-0.1, -0.05) is 0 Å². The molecule has 0 amide bonds. The highest BCUT2D eigenvalue weighted by Gasteiger charge is 2.23. The fourth-order valence-corrected chi connectivity index (χ4v) is 1.97. The van der Waals surface area contributed by atoms with Gasteiger partial charge in [0.2, 0.25) is 0 Å². The molecule has 2 rings (SSSR count). The van der Waals surface area contributed by atoms with E-state index >= 15 is 0 Å². The summed E-state index contributed by atoms with van der Waals surface area (Å²) in [6.45, 7) is 2.04. The molecule has 0 aromatic carbocycles. The van der Waals surface area contributed by atoms with Gasteiger partial charge in [0.05, 0.1) is 9.26 Å². The maximum atomic E-state index is 4.50. The van der Waals surface area contributed by atoms with Crippen molar-refractivity contribution in [3.05, 3.63) is 15.1 Å². The van der Waals surface area contributed by atoms with Crippen molar-refractivity contribution in [1.82, 2.24) is 9.97 Å². The third kappa shape index (κ3) is 2.16. The predicted molar refractivity (Wildman–Crippen MR) is 65.5 cm³/mol. The van der Waals surface area contributed by atoms with Crippen LogP contribution < -0.4 is 5.32 Å². The van der Waals surface area contributed by atoms with Crippen molar-refractivity contribution in [2.45, 2.75) is 26.2 Å². The van der Waals surface area contributed by atoms with Crippen LogP contribution in [0, 0.1) is 16.4 Å². The highest BCUT2D eigenvalue weighted by atomic mass is 127. The van der Waals surface area contributed by atoms with Gasteiger partial charge in [-0.05, 0) is 48.3 Å². The highest BCUT2D eigenvalue weighted by Crippen LogP contribution is 2.32. The molecule has 0 bridgehead atoms. The van der Waals surface area contributed by atoms with Crippen LogP contribution in [0.25, 0.3) is 0 Å². The normalized spacial score (nSPS) is 15.6. The van der Waals surface area contributed by atoms with Crippen LogP contribution in [-0.2, 0) is 6.42 Å². The summed E-state index contributed by atoms with van der Waals surface area (Å²) in [7, 11) is 1.91. The molecule has 1 fully saturated rings. The molecule has 0 aliphatic heterocycles. The van der Waals surface area contributed by atoms with Crippen molar-refractivity contribution >= 4 is 28.4 Å². The van der Waals surface area contributed by atoms with Crippen molar-refractivity contribution < 1.29 is 0 Å². The fourth-order valence-electron chi connectivity index (χ4n) is 1.45. The largest absolute Gasteiger partial charge is 0.372 e. The second-order valence-electron chi connectivity index (χ2n) is 3.79. The van der Waals surface area contributed by atoms with E-state index in [2.05, 4.69) is 37.9 Å². The van der Waals surface area contributed by atoms with E-state index < -0.39 is 0 Å². The molecular weight excluding hydrogens is 289 g/mol. The van der Waals surface area contributed by atoms with Crippen molar-refractivity contribution in [1.29, 1.82) is 0 Å². The monoisotopic (exact) mass is 303 g/mol. The number of anilines is 1. The molecule has 76 valence electrons. The fraction of sp³-hybridized carbons (Fsp3) is 0.600. The number of hydrogen-bond donors (Lipinski definition) is 1. The number of rotatable bonds is 3. The third-order valence-electron chi connectivity index (χ3n) is 2.47. The average molecular weight is 303 g/mol. The first kappa shape index (κ1) is 10.1. The lowest BCUT2D eigenvalue weighted by molar-refractivity contribution is 0.763. The van der Waals surface area contributed by atoms with Crippen molar-refractivity contribution in [2.75, 3.05) is 12.4 Å². The van der Waals surface area contributed by atoms with Crippen LogP contribution >= 0.6 is 22.6 Å². The predicted octanol–water partition coefficient (Wildman–Crippen LogP) is 2.38. The van der Waals surface area contributed by atoms with Crippen LogP contribution in [0.1, 0.15) is 24.4 Å². The lowest BCUT2D eigenvalue weighted by atomic mass is 10.2. The van der Waals surface area contributed by atoms with Crippen LogP contribution in [0.4, 0.5) is 5.82 Å². The van der Waals surface area contributed by atoms with Gasteiger partial charge in [0.15, 0.2) is 0 Å². The summed E-state index contributed by atoms with van der Waals surface area (Å²) in [4.78, 5) is 9.00. The summed E-state index contributed by atoms with van der Waals surface area (Å²) in [5.74, 6) is 2.81. The Kier molecular flexibility index (Phi) is 2.90. The Hall–Kier alpha value is -0.390. The highest BCUT2D eigenvalue weighted by molar-refractivity contribution is 14.1. The molecule has 1 aliphatic carbocycles. The van der Waals surface area contributed by atoms with Crippen molar-refractivity contribution in [3.63, 3.8) is 0 Å². The number of aromatic nitrogens is 2. The van der Waals surface area contributed by atoms with E-state index in [9.17, 15) is 0 Å². The topological polar surface area (TPSA) is 37.8 Å². The number of aryl methyl sites for hydroxylation is 1. The second kappa shape index (κ2) is 4.00. The second-order valence-corrected chi connectivity index (χ2v) is 4.86. The zero-order valence-corrected chi connectivity index (χ0v) is 10.6. The van der Waals surface area contributed by atoms with Crippen LogP contribution in [0.2, 0.25) is 0 Å². The molecular formula is C10H14IN3. The molecule has 0 spiro atoms. The van der Waals surface area contributed by atoms with Crippen LogP contribution in [0.5, 0.6) is 0 Å². The summed E-state index contributed by atoms with van der Waals surface area (Å²) < 4.78 is 1.13. The Balaban J connectivity index is 2.27. The minimum atomic E-state index is 0.846. The molecule has 3 nitrogen and oxygen atoms in total. The SMILES string of the molecule is CNc1nc(CC2CC2)nc(C)c1I. The molecule has 0 atom stereocenters. The number of halogens is 1. The minimum absolute atomic E-state index is 0.846. The first-order valence-electron chi connectivity index (χ1n) is 4.91. The molecule has 1 aromatic rings. The third-order valence-corrected chi connectivity index (χ3v) is 3.76. The van der Waals surface area contributed by atoms with Crippen LogP contribution in [0.15, 0.2) is 0 Å². The van der Waals surface area contributed by atoms with Gasteiger partial charge >= 0.3 is 0 Å². The summed E-state index contributed by atoms with van der Waals surface area (Å²) in [5, 5.41) is 3.11. The van der Waals surface area contributed by atoms with E-state index in [-0.39, 0.29) is 0 Å². The van der Waals surface area contributed by atoms with Gasteiger partial charge in [-0.25, -0.2) is 9.97 Å². The van der Waals surface area contributed by atoms with E-state index in [4.69, 9.17) is 0 Å². The van der Waals surface area contributed by atoms with Crippen molar-refractivity contribution in [3.8, 4) is 0 Å². The lowest BCUT2D eigenvalue weighted by Crippen LogP contribution is -2.06. The molecule has 1 saturated carbocycles. The maximum absolute atomic E-state index is 4.50. The maximum Gasteiger partial charge on any atom is 0.143 e. The van der Waals surface area contributed by atoms with E-state index in [0.29, 0.717) is 0 Å². The molecule has 4 heteroatoms. The summed E-state index contributed by atoms with van der Waals surface area (Å²) in [6, 6.07) is 0. The summed E-state index contributed by atoms with van der Waals surface area (Å²) in [5.41, 5.74) is 1.08. The van der Waals surface area contributed by atoms with Gasteiger partial charge in [0, 0.05) is 13.5 Å². The van der Waals surface area contributed by atoms with E-state index in [0.717, 1.165) is 33.2 Å². The molecule has 0 unspecified atom stereocenters. The standard InChI is InChI=1S/C10H14IN3/c1-6-9(11)10(12-2)14-8(13-6)5-7-3-4-7/h7H,3-5H2,1-2H3,(H,12,13,14). The Morgan fingerprint density at radius 3 is 2.71 bits per heavy atom.